The molecule has 0 radical (unpaired) electrons. The summed E-state index contributed by atoms with van der Waals surface area (Å²) in [7, 11) is 0. The van der Waals surface area contributed by atoms with Crippen LogP contribution in [0.2, 0.25) is 0 Å². The van der Waals surface area contributed by atoms with Crippen molar-refractivity contribution in [3.8, 4) is 0 Å². The minimum Gasteiger partial charge on any atom is -0.353 e. The van der Waals surface area contributed by atoms with Crippen LogP contribution in [0.4, 0.5) is 4.39 Å². The van der Waals surface area contributed by atoms with Gasteiger partial charge in [0.15, 0.2) is 5.78 Å². The van der Waals surface area contributed by atoms with E-state index in [1.807, 2.05) is 6.92 Å². The molecule has 1 atom stereocenters. The molecule has 1 heterocycles. The van der Waals surface area contributed by atoms with Crippen LogP contribution in [0, 0.1) is 5.82 Å². The van der Waals surface area contributed by atoms with Gasteiger partial charge in [-0.25, -0.2) is 4.39 Å². The van der Waals surface area contributed by atoms with Crippen molar-refractivity contribution < 1.29 is 14.0 Å². The van der Waals surface area contributed by atoms with Crippen molar-refractivity contribution in [3.63, 3.8) is 0 Å². The Hall–Kier alpha value is -1.75. The van der Waals surface area contributed by atoms with E-state index in [1.165, 1.54) is 24.3 Å². The fraction of sp³-hybridized carbons (Fsp3) is 0.467. The van der Waals surface area contributed by atoms with E-state index in [0.717, 1.165) is 13.1 Å². The number of hydrogen-bond acceptors (Lipinski definition) is 3. The largest absolute Gasteiger partial charge is 0.353 e. The molecule has 1 saturated heterocycles. The van der Waals surface area contributed by atoms with Gasteiger partial charge < -0.3 is 5.32 Å². The number of carbonyl (C=O) groups is 2. The van der Waals surface area contributed by atoms with Gasteiger partial charge in [-0.05, 0) is 44.2 Å². The van der Waals surface area contributed by atoms with Gasteiger partial charge in [0.2, 0.25) is 5.91 Å². The van der Waals surface area contributed by atoms with E-state index in [2.05, 4.69) is 10.2 Å². The number of nitrogens with one attached hydrogen (secondary N) is 1. The number of rotatable bonds is 5. The second-order valence-corrected chi connectivity index (χ2v) is 5.04. The number of piperazine rings is 1. The maximum Gasteiger partial charge on any atom is 0.237 e. The molecule has 0 aliphatic carbocycles. The Bertz CT molecular complexity index is 487. The lowest BCUT2D eigenvalue weighted by Gasteiger charge is -2.32. The number of benzene rings is 1. The van der Waals surface area contributed by atoms with Crippen LogP contribution in [-0.2, 0) is 4.79 Å². The number of hydrogen-bond donors (Lipinski definition) is 1. The molecule has 0 saturated carbocycles. The normalized spacial score (nSPS) is 19.7. The molecule has 0 spiro atoms. The molecule has 5 heteroatoms. The summed E-state index contributed by atoms with van der Waals surface area (Å²) in [5.41, 5.74) is 0.538. The third-order valence-electron chi connectivity index (χ3n) is 3.64. The molecule has 20 heavy (non-hydrogen) atoms. The number of carbonyl (C=O) groups excluding carboxylic acids is 2. The number of amides is 1. The van der Waals surface area contributed by atoms with Crippen molar-refractivity contribution in [1.29, 1.82) is 0 Å². The first-order chi connectivity index (χ1) is 9.58. The molecular formula is C15H19FN2O2. The first-order valence-electron chi connectivity index (χ1n) is 6.88. The molecular weight excluding hydrogens is 259 g/mol. The second-order valence-electron chi connectivity index (χ2n) is 5.04. The summed E-state index contributed by atoms with van der Waals surface area (Å²) in [6.45, 7) is 4.07. The zero-order valence-corrected chi connectivity index (χ0v) is 11.6. The third kappa shape index (κ3) is 3.63. The molecule has 0 bridgehead atoms. The molecule has 1 amide bonds. The third-order valence-corrected chi connectivity index (χ3v) is 3.64. The lowest BCUT2D eigenvalue weighted by molar-refractivity contribution is -0.128. The van der Waals surface area contributed by atoms with E-state index >= 15 is 0 Å². The van der Waals surface area contributed by atoms with Gasteiger partial charge in [-0.2, -0.15) is 0 Å². The minimum atomic E-state index is -0.338. The lowest BCUT2D eigenvalue weighted by atomic mass is 10.1. The van der Waals surface area contributed by atoms with Crippen molar-refractivity contribution >= 4 is 11.7 Å². The smallest absolute Gasteiger partial charge is 0.237 e. The summed E-state index contributed by atoms with van der Waals surface area (Å²) in [6.07, 6.45) is 1.12. The van der Waals surface area contributed by atoms with Crippen LogP contribution in [-0.4, -0.2) is 42.3 Å². The molecule has 108 valence electrons. The molecule has 1 aromatic rings. The molecule has 1 unspecified atom stereocenters. The number of nitrogens with zero attached hydrogens (tertiary/aromatic N) is 1. The lowest BCUT2D eigenvalue weighted by Crippen LogP contribution is -2.53. The summed E-state index contributed by atoms with van der Waals surface area (Å²) < 4.78 is 12.8. The fourth-order valence-corrected chi connectivity index (χ4v) is 2.36. The van der Waals surface area contributed by atoms with Crippen LogP contribution < -0.4 is 5.32 Å². The van der Waals surface area contributed by atoms with E-state index in [9.17, 15) is 14.0 Å². The summed E-state index contributed by atoms with van der Waals surface area (Å²) in [5, 5.41) is 2.81. The number of Topliss-reactive ketones (excluding diaryl/α,β-unsaturated/α-hetero) is 1. The standard InChI is InChI=1S/C15H19FN2O2/c1-11-15(20)17-8-10-18(11)9-2-3-14(19)12-4-6-13(16)7-5-12/h4-7,11H,2-3,8-10H2,1H3,(H,17,20). The summed E-state index contributed by atoms with van der Waals surface area (Å²) in [5.74, 6) is -0.282. The molecule has 4 nitrogen and oxygen atoms in total. The predicted molar refractivity (Wildman–Crippen MR) is 74.0 cm³/mol. The van der Waals surface area contributed by atoms with Crippen LogP contribution in [0.25, 0.3) is 0 Å². The minimum absolute atomic E-state index is 0.0131. The number of ketones is 1. The Morgan fingerprint density at radius 3 is 2.80 bits per heavy atom. The monoisotopic (exact) mass is 278 g/mol. The van der Waals surface area contributed by atoms with E-state index in [0.29, 0.717) is 24.9 Å². The van der Waals surface area contributed by atoms with Gasteiger partial charge in [-0.1, -0.05) is 0 Å². The summed E-state index contributed by atoms with van der Waals surface area (Å²) >= 11 is 0. The van der Waals surface area contributed by atoms with E-state index in [4.69, 9.17) is 0 Å². The SMILES string of the molecule is CC1C(=O)NCCN1CCCC(=O)c1ccc(F)cc1. The molecule has 1 aliphatic rings. The van der Waals surface area contributed by atoms with Crippen LogP contribution in [0.15, 0.2) is 24.3 Å². The highest BCUT2D eigenvalue weighted by molar-refractivity contribution is 5.95. The maximum atomic E-state index is 12.8. The zero-order chi connectivity index (χ0) is 14.5. The highest BCUT2D eigenvalue weighted by Gasteiger charge is 2.24. The maximum absolute atomic E-state index is 12.8. The Balaban J connectivity index is 1.79. The van der Waals surface area contributed by atoms with E-state index in [-0.39, 0.29) is 23.5 Å². The van der Waals surface area contributed by atoms with Crippen molar-refractivity contribution in [2.24, 2.45) is 0 Å². The average Bonchev–Trinajstić information content (AvgIpc) is 2.44. The van der Waals surface area contributed by atoms with Gasteiger partial charge in [0, 0.05) is 25.1 Å². The fourth-order valence-electron chi connectivity index (χ4n) is 2.36. The van der Waals surface area contributed by atoms with Gasteiger partial charge in [0.05, 0.1) is 6.04 Å². The van der Waals surface area contributed by atoms with Gasteiger partial charge in [0.25, 0.3) is 0 Å². The van der Waals surface area contributed by atoms with Gasteiger partial charge >= 0.3 is 0 Å². The summed E-state index contributed by atoms with van der Waals surface area (Å²) in [6, 6.07) is 5.47. The molecule has 0 aromatic heterocycles. The first-order valence-corrected chi connectivity index (χ1v) is 6.88. The van der Waals surface area contributed by atoms with Gasteiger partial charge in [-0.15, -0.1) is 0 Å². The average molecular weight is 278 g/mol. The Morgan fingerprint density at radius 1 is 1.40 bits per heavy atom. The predicted octanol–water partition coefficient (Wildman–Crippen LogP) is 1.61. The van der Waals surface area contributed by atoms with Crippen molar-refractivity contribution in [1.82, 2.24) is 10.2 Å². The highest BCUT2D eigenvalue weighted by Crippen LogP contribution is 2.10. The Morgan fingerprint density at radius 2 is 2.10 bits per heavy atom. The van der Waals surface area contributed by atoms with Crippen molar-refractivity contribution in [2.45, 2.75) is 25.8 Å². The quantitative estimate of drug-likeness (QED) is 0.832. The molecule has 2 rings (SSSR count). The second kappa shape index (κ2) is 6.61. The molecule has 1 aliphatic heterocycles. The van der Waals surface area contributed by atoms with Crippen LogP contribution in [0.5, 0.6) is 0 Å². The van der Waals surface area contributed by atoms with Crippen molar-refractivity contribution in [2.75, 3.05) is 19.6 Å². The highest BCUT2D eigenvalue weighted by atomic mass is 19.1. The van der Waals surface area contributed by atoms with Crippen LogP contribution in [0.3, 0.4) is 0 Å². The van der Waals surface area contributed by atoms with Gasteiger partial charge in [-0.3, -0.25) is 14.5 Å². The molecule has 1 fully saturated rings. The topological polar surface area (TPSA) is 49.4 Å². The van der Waals surface area contributed by atoms with Crippen molar-refractivity contribution in [3.05, 3.63) is 35.6 Å². The van der Waals surface area contributed by atoms with E-state index in [1.54, 1.807) is 0 Å². The number of halogens is 1. The molecule has 1 aromatic carbocycles. The first kappa shape index (κ1) is 14.7. The Labute approximate surface area is 118 Å². The van der Waals surface area contributed by atoms with Crippen LogP contribution in [0.1, 0.15) is 30.1 Å². The van der Waals surface area contributed by atoms with E-state index < -0.39 is 0 Å². The molecule has 1 N–H and O–H groups in total. The Kier molecular flexibility index (Phi) is 4.84. The van der Waals surface area contributed by atoms with Crippen LogP contribution >= 0.6 is 0 Å². The summed E-state index contributed by atoms with van der Waals surface area (Å²) in [4.78, 5) is 25.5. The van der Waals surface area contributed by atoms with Gasteiger partial charge in [0.1, 0.15) is 5.82 Å². The zero-order valence-electron chi connectivity index (χ0n) is 11.6.